The van der Waals surface area contributed by atoms with Crippen molar-refractivity contribution in [3.05, 3.63) is 35.6 Å². The summed E-state index contributed by atoms with van der Waals surface area (Å²) in [5, 5.41) is 0. The minimum atomic E-state index is -0.301. The third-order valence-electron chi connectivity index (χ3n) is 4.18. The van der Waals surface area contributed by atoms with Crippen LogP contribution >= 0.6 is 0 Å². The van der Waals surface area contributed by atoms with Crippen LogP contribution in [0, 0.1) is 17.2 Å². The van der Waals surface area contributed by atoms with Crippen molar-refractivity contribution in [1.29, 1.82) is 0 Å². The van der Waals surface area contributed by atoms with Gasteiger partial charge in [0.25, 0.3) is 0 Å². The van der Waals surface area contributed by atoms with Crippen LogP contribution in [0.1, 0.15) is 45.6 Å². The van der Waals surface area contributed by atoms with Crippen LogP contribution in [0.15, 0.2) is 24.3 Å². The molecule has 0 spiro atoms. The minimum Gasteiger partial charge on any atom is -0.342 e. The van der Waals surface area contributed by atoms with E-state index in [0.29, 0.717) is 5.92 Å². The van der Waals surface area contributed by atoms with Gasteiger partial charge in [-0.15, -0.1) is 0 Å². The lowest BCUT2D eigenvalue weighted by Crippen LogP contribution is -2.45. The van der Waals surface area contributed by atoms with E-state index in [4.69, 9.17) is 0 Å². The van der Waals surface area contributed by atoms with Crippen molar-refractivity contribution in [3.8, 4) is 0 Å². The predicted octanol–water partition coefficient (Wildman–Crippen LogP) is 4.04. The molecule has 1 fully saturated rings. The molecule has 2 rings (SSSR count). The molecule has 1 aliphatic heterocycles. The first kappa shape index (κ1) is 16.0. The van der Waals surface area contributed by atoms with Gasteiger partial charge < -0.3 is 4.90 Å². The maximum atomic E-state index is 13.2. The smallest absolute Gasteiger partial charge is 0.227 e. The van der Waals surface area contributed by atoms with Gasteiger partial charge in [0.15, 0.2) is 0 Å². The van der Waals surface area contributed by atoms with Gasteiger partial charge in [0.2, 0.25) is 5.91 Å². The van der Waals surface area contributed by atoms with Crippen molar-refractivity contribution in [2.45, 2.75) is 46.5 Å². The average molecular weight is 291 g/mol. The summed E-state index contributed by atoms with van der Waals surface area (Å²) in [7, 11) is 0. The summed E-state index contributed by atoms with van der Waals surface area (Å²) in [6.45, 7) is 7.67. The molecule has 0 aromatic heterocycles. The van der Waals surface area contributed by atoms with Crippen molar-refractivity contribution < 1.29 is 9.18 Å². The molecule has 0 saturated carbocycles. The largest absolute Gasteiger partial charge is 0.342 e. The van der Waals surface area contributed by atoms with Crippen molar-refractivity contribution in [2.24, 2.45) is 11.3 Å². The van der Waals surface area contributed by atoms with Crippen LogP contribution in [0.3, 0.4) is 0 Å². The number of aryl methyl sites for hydroxylation is 1. The fraction of sp³-hybridized carbons (Fsp3) is 0.611. The molecular weight excluding hydrogens is 265 g/mol. The summed E-state index contributed by atoms with van der Waals surface area (Å²) < 4.78 is 13.2. The highest BCUT2D eigenvalue weighted by molar-refractivity contribution is 5.81. The van der Waals surface area contributed by atoms with Crippen LogP contribution in [-0.2, 0) is 11.2 Å². The lowest BCUT2D eigenvalue weighted by Gasteiger charge is -2.36. The second-order valence-corrected chi connectivity index (χ2v) is 7.18. The normalized spacial score (nSPS) is 19.6. The van der Waals surface area contributed by atoms with Crippen LogP contribution in [-0.4, -0.2) is 23.9 Å². The Hall–Kier alpha value is -1.38. The molecule has 0 N–H and O–H groups in total. The number of hydrogen-bond acceptors (Lipinski definition) is 1. The van der Waals surface area contributed by atoms with E-state index in [1.165, 1.54) is 12.5 Å². The summed E-state index contributed by atoms with van der Waals surface area (Å²) in [5.41, 5.74) is 0.749. The van der Waals surface area contributed by atoms with E-state index >= 15 is 0 Å². The molecule has 0 aliphatic carbocycles. The fourth-order valence-electron chi connectivity index (χ4n) is 3.02. The first-order chi connectivity index (χ1) is 9.86. The standard InChI is InChI=1S/C18H26FNO/c1-18(2,3)17(21)20-11-5-7-15(13-20)10-9-14-6-4-8-16(19)12-14/h4,6,8,12,15H,5,7,9-11,13H2,1-3H3. The van der Waals surface area contributed by atoms with Crippen molar-refractivity contribution in [2.75, 3.05) is 13.1 Å². The Morgan fingerprint density at radius 1 is 1.38 bits per heavy atom. The lowest BCUT2D eigenvalue weighted by atomic mass is 9.88. The average Bonchev–Trinajstić information content (AvgIpc) is 2.44. The number of carbonyl (C=O) groups excluding carboxylic acids is 1. The zero-order chi connectivity index (χ0) is 15.5. The van der Waals surface area contributed by atoms with Crippen LogP contribution in [0.2, 0.25) is 0 Å². The topological polar surface area (TPSA) is 20.3 Å². The molecule has 0 radical (unpaired) electrons. The molecule has 0 bridgehead atoms. The summed E-state index contributed by atoms with van der Waals surface area (Å²) in [5.74, 6) is 0.618. The van der Waals surface area contributed by atoms with Gasteiger partial charge in [0.1, 0.15) is 5.82 Å². The number of halogens is 1. The molecule has 1 saturated heterocycles. The van der Waals surface area contributed by atoms with Crippen LogP contribution in [0.4, 0.5) is 4.39 Å². The molecule has 1 aromatic carbocycles. The number of likely N-dealkylation sites (tertiary alicyclic amines) is 1. The Balaban J connectivity index is 1.88. The first-order valence-electron chi connectivity index (χ1n) is 7.90. The molecule has 1 atom stereocenters. The number of benzene rings is 1. The quantitative estimate of drug-likeness (QED) is 0.823. The SMILES string of the molecule is CC(C)(C)C(=O)N1CCCC(CCc2cccc(F)c2)C1. The predicted molar refractivity (Wildman–Crippen MR) is 83.5 cm³/mol. The van der Waals surface area contributed by atoms with Gasteiger partial charge in [0, 0.05) is 18.5 Å². The van der Waals surface area contributed by atoms with E-state index < -0.39 is 0 Å². The lowest BCUT2D eigenvalue weighted by molar-refractivity contribution is -0.141. The summed E-state index contributed by atoms with van der Waals surface area (Å²) in [4.78, 5) is 14.4. The van der Waals surface area contributed by atoms with E-state index in [2.05, 4.69) is 0 Å². The molecule has 116 valence electrons. The Bertz CT molecular complexity index is 492. The maximum Gasteiger partial charge on any atom is 0.227 e. The number of piperidine rings is 1. The number of hydrogen-bond donors (Lipinski definition) is 0. The minimum absolute atomic E-state index is 0.166. The van der Waals surface area contributed by atoms with Crippen LogP contribution in [0.5, 0.6) is 0 Å². The molecule has 1 aliphatic rings. The molecular formula is C18H26FNO. The van der Waals surface area contributed by atoms with Gasteiger partial charge in [-0.05, 0) is 49.3 Å². The summed E-state index contributed by atoms with van der Waals surface area (Å²) in [6, 6.07) is 6.83. The third kappa shape index (κ3) is 4.55. The molecule has 1 aromatic rings. The second kappa shape index (κ2) is 6.59. The number of nitrogens with zero attached hydrogens (tertiary/aromatic N) is 1. The van der Waals surface area contributed by atoms with E-state index in [1.807, 2.05) is 31.7 Å². The molecule has 2 nitrogen and oxygen atoms in total. The zero-order valence-corrected chi connectivity index (χ0v) is 13.4. The monoisotopic (exact) mass is 291 g/mol. The van der Waals surface area contributed by atoms with Crippen LogP contribution < -0.4 is 0 Å². The highest BCUT2D eigenvalue weighted by Crippen LogP contribution is 2.26. The number of carbonyl (C=O) groups is 1. The van der Waals surface area contributed by atoms with Crippen molar-refractivity contribution in [3.63, 3.8) is 0 Å². The van der Waals surface area contributed by atoms with Crippen molar-refractivity contribution in [1.82, 2.24) is 4.90 Å². The summed E-state index contributed by atoms with van der Waals surface area (Å²) >= 11 is 0. The maximum absolute atomic E-state index is 13.2. The fourth-order valence-corrected chi connectivity index (χ4v) is 3.02. The van der Waals surface area contributed by atoms with Crippen molar-refractivity contribution >= 4 is 5.91 Å². The van der Waals surface area contributed by atoms with Gasteiger partial charge >= 0.3 is 0 Å². The molecule has 1 unspecified atom stereocenters. The molecule has 1 amide bonds. The third-order valence-corrected chi connectivity index (χ3v) is 4.18. The second-order valence-electron chi connectivity index (χ2n) is 7.18. The molecule has 1 heterocycles. The van der Waals surface area contributed by atoms with Crippen LogP contribution in [0.25, 0.3) is 0 Å². The Morgan fingerprint density at radius 2 is 2.14 bits per heavy atom. The zero-order valence-electron chi connectivity index (χ0n) is 13.4. The van der Waals surface area contributed by atoms with Gasteiger partial charge in [0.05, 0.1) is 0 Å². The van der Waals surface area contributed by atoms with Gasteiger partial charge in [-0.2, -0.15) is 0 Å². The highest BCUT2D eigenvalue weighted by Gasteiger charge is 2.30. The van der Waals surface area contributed by atoms with Gasteiger partial charge in [-0.3, -0.25) is 4.79 Å². The number of amides is 1. The first-order valence-corrected chi connectivity index (χ1v) is 7.90. The van der Waals surface area contributed by atoms with E-state index in [0.717, 1.165) is 37.9 Å². The summed E-state index contributed by atoms with van der Waals surface area (Å²) in [6.07, 6.45) is 4.16. The van der Waals surface area contributed by atoms with E-state index in [9.17, 15) is 9.18 Å². The van der Waals surface area contributed by atoms with E-state index in [1.54, 1.807) is 12.1 Å². The molecule has 3 heteroatoms. The van der Waals surface area contributed by atoms with Gasteiger partial charge in [-0.25, -0.2) is 4.39 Å². The highest BCUT2D eigenvalue weighted by atomic mass is 19.1. The number of rotatable bonds is 3. The van der Waals surface area contributed by atoms with Gasteiger partial charge in [-0.1, -0.05) is 32.9 Å². The Labute approximate surface area is 127 Å². The molecule has 21 heavy (non-hydrogen) atoms. The Kier molecular flexibility index (Phi) is 5.02. The Morgan fingerprint density at radius 3 is 2.81 bits per heavy atom. The van der Waals surface area contributed by atoms with E-state index in [-0.39, 0.29) is 17.1 Å².